The summed E-state index contributed by atoms with van der Waals surface area (Å²) < 4.78 is 5.39. The smallest absolute Gasteiger partial charge is 0.325 e. The molecule has 1 saturated heterocycles. The maximum atomic E-state index is 13.2. The molecule has 2 aromatic heterocycles. The SMILES string of the molecule is O=C1N[C@@]2(CCCc3sccc32)C(=O)N1Cc1cc(-c2ccccc2)on1. The maximum Gasteiger partial charge on any atom is 0.325 e. The van der Waals surface area contributed by atoms with Crippen molar-refractivity contribution in [1.29, 1.82) is 0 Å². The van der Waals surface area contributed by atoms with Gasteiger partial charge in [-0.25, -0.2) is 4.79 Å². The van der Waals surface area contributed by atoms with Crippen LogP contribution in [-0.4, -0.2) is 22.0 Å². The summed E-state index contributed by atoms with van der Waals surface area (Å²) in [6.07, 6.45) is 2.48. The van der Waals surface area contributed by atoms with E-state index in [0.717, 1.165) is 24.0 Å². The van der Waals surface area contributed by atoms with Crippen LogP contribution in [0.3, 0.4) is 0 Å². The van der Waals surface area contributed by atoms with Gasteiger partial charge in [0.15, 0.2) is 5.76 Å². The molecule has 136 valence electrons. The minimum Gasteiger partial charge on any atom is -0.356 e. The van der Waals surface area contributed by atoms with Crippen molar-refractivity contribution < 1.29 is 14.1 Å². The second kappa shape index (κ2) is 6.06. The minimum absolute atomic E-state index is 0.0994. The molecule has 6 nitrogen and oxygen atoms in total. The van der Waals surface area contributed by atoms with Crippen LogP contribution in [0.4, 0.5) is 4.79 Å². The molecule has 1 atom stereocenters. The number of rotatable bonds is 3. The van der Waals surface area contributed by atoms with E-state index in [4.69, 9.17) is 4.52 Å². The molecule has 1 aliphatic heterocycles. The number of benzene rings is 1. The molecule has 27 heavy (non-hydrogen) atoms. The van der Waals surface area contributed by atoms with Crippen molar-refractivity contribution >= 4 is 23.3 Å². The number of carbonyl (C=O) groups excluding carboxylic acids is 2. The zero-order valence-electron chi connectivity index (χ0n) is 14.5. The Kier molecular flexibility index (Phi) is 3.65. The largest absolute Gasteiger partial charge is 0.356 e. The van der Waals surface area contributed by atoms with Crippen LogP contribution in [0, 0.1) is 0 Å². The summed E-state index contributed by atoms with van der Waals surface area (Å²) in [5, 5.41) is 8.99. The normalized spacial score (nSPS) is 21.6. The third kappa shape index (κ3) is 2.49. The van der Waals surface area contributed by atoms with E-state index in [2.05, 4.69) is 10.5 Å². The molecule has 1 N–H and O–H groups in total. The monoisotopic (exact) mass is 379 g/mol. The molecular formula is C20H17N3O3S. The number of imide groups is 1. The Morgan fingerprint density at radius 3 is 2.93 bits per heavy atom. The number of fused-ring (bicyclic) bond motifs is 2. The van der Waals surface area contributed by atoms with Gasteiger partial charge in [-0.05, 0) is 30.7 Å². The van der Waals surface area contributed by atoms with E-state index in [1.807, 2.05) is 41.8 Å². The number of amides is 3. The molecule has 3 aromatic rings. The van der Waals surface area contributed by atoms with Crippen LogP contribution in [0.25, 0.3) is 11.3 Å². The Hall–Kier alpha value is -2.93. The molecule has 5 rings (SSSR count). The van der Waals surface area contributed by atoms with Gasteiger partial charge in [0, 0.05) is 22.1 Å². The maximum absolute atomic E-state index is 13.2. The number of aryl methyl sites for hydroxylation is 1. The van der Waals surface area contributed by atoms with E-state index < -0.39 is 5.54 Å². The first-order valence-electron chi connectivity index (χ1n) is 8.89. The topological polar surface area (TPSA) is 75.4 Å². The fraction of sp³-hybridized carbons (Fsp3) is 0.250. The Balaban J connectivity index is 1.42. The van der Waals surface area contributed by atoms with Crippen molar-refractivity contribution in [2.24, 2.45) is 0 Å². The summed E-state index contributed by atoms with van der Waals surface area (Å²) in [4.78, 5) is 28.3. The average Bonchev–Trinajstić information content (AvgIpc) is 3.40. The number of nitrogens with zero attached hydrogens (tertiary/aromatic N) is 2. The standard InChI is InChI=1S/C20H17N3O3S/c24-18-20(9-4-7-17-15(20)8-10-27-17)21-19(25)23(18)12-14-11-16(26-22-14)13-5-2-1-3-6-13/h1-3,5-6,8,10-11H,4,7,9,12H2,(H,21,25)/t20-/m1/s1. The highest BCUT2D eigenvalue weighted by Crippen LogP contribution is 2.42. The van der Waals surface area contributed by atoms with E-state index in [0.29, 0.717) is 17.9 Å². The highest BCUT2D eigenvalue weighted by molar-refractivity contribution is 7.10. The van der Waals surface area contributed by atoms with Crippen molar-refractivity contribution in [3.63, 3.8) is 0 Å². The quantitative estimate of drug-likeness (QED) is 0.704. The van der Waals surface area contributed by atoms with Gasteiger partial charge in [0.2, 0.25) is 0 Å². The molecule has 1 fully saturated rings. The minimum atomic E-state index is -0.920. The van der Waals surface area contributed by atoms with Gasteiger partial charge in [-0.1, -0.05) is 35.5 Å². The van der Waals surface area contributed by atoms with Gasteiger partial charge < -0.3 is 9.84 Å². The highest BCUT2D eigenvalue weighted by Gasteiger charge is 2.54. The summed E-state index contributed by atoms with van der Waals surface area (Å²) in [6, 6.07) is 13.0. The van der Waals surface area contributed by atoms with E-state index in [1.165, 1.54) is 9.78 Å². The predicted molar refractivity (Wildman–Crippen MR) is 100.0 cm³/mol. The van der Waals surface area contributed by atoms with Crippen molar-refractivity contribution in [3.05, 3.63) is 64.0 Å². The lowest BCUT2D eigenvalue weighted by atomic mass is 9.80. The highest BCUT2D eigenvalue weighted by atomic mass is 32.1. The van der Waals surface area contributed by atoms with Crippen molar-refractivity contribution in [1.82, 2.24) is 15.4 Å². The molecule has 0 radical (unpaired) electrons. The summed E-state index contributed by atoms with van der Waals surface area (Å²) in [6.45, 7) is 0.0994. The number of hydrogen-bond acceptors (Lipinski definition) is 5. The molecule has 3 heterocycles. The molecule has 7 heteroatoms. The molecule has 0 saturated carbocycles. The molecule has 0 bridgehead atoms. The van der Waals surface area contributed by atoms with Crippen LogP contribution in [-0.2, 0) is 23.3 Å². The average molecular weight is 379 g/mol. The zero-order chi connectivity index (χ0) is 18.4. The Labute approximate surface area is 159 Å². The molecule has 3 amide bonds. The summed E-state index contributed by atoms with van der Waals surface area (Å²) in [5.74, 6) is 0.418. The van der Waals surface area contributed by atoms with Crippen LogP contribution in [0.15, 0.2) is 52.4 Å². The van der Waals surface area contributed by atoms with Crippen molar-refractivity contribution in [2.75, 3.05) is 0 Å². The second-order valence-corrected chi connectivity index (χ2v) is 7.89. The number of carbonyl (C=O) groups is 2. The van der Waals surface area contributed by atoms with Crippen LogP contribution >= 0.6 is 11.3 Å². The third-order valence-corrected chi connectivity index (χ3v) is 6.25. The first-order chi connectivity index (χ1) is 13.2. The van der Waals surface area contributed by atoms with Crippen LogP contribution in [0.5, 0.6) is 0 Å². The van der Waals surface area contributed by atoms with Gasteiger partial charge in [-0.2, -0.15) is 0 Å². The Morgan fingerprint density at radius 1 is 1.22 bits per heavy atom. The van der Waals surface area contributed by atoms with Gasteiger partial charge in [0.1, 0.15) is 11.2 Å². The number of aromatic nitrogens is 1. The Bertz CT molecular complexity index is 1030. The van der Waals surface area contributed by atoms with E-state index in [1.54, 1.807) is 17.4 Å². The number of urea groups is 1. The summed E-state index contributed by atoms with van der Waals surface area (Å²) >= 11 is 1.65. The molecule has 1 spiro atoms. The lowest BCUT2D eigenvalue weighted by molar-refractivity contribution is -0.132. The van der Waals surface area contributed by atoms with Gasteiger partial charge in [0.05, 0.1) is 6.54 Å². The predicted octanol–water partition coefficient (Wildman–Crippen LogP) is 3.69. The first-order valence-corrected chi connectivity index (χ1v) is 9.77. The lowest BCUT2D eigenvalue weighted by Crippen LogP contribution is -2.46. The molecule has 0 unspecified atom stereocenters. The number of thiophene rings is 1. The fourth-order valence-electron chi connectivity index (χ4n) is 3.97. The van der Waals surface area contributed by atoms with Crippen LogP contribution < -0.4 is 5.32 Å². The zero-order valence-corrected chi connectivity index (χ0v) is 15.3. The van der Waals surface area contributed by atoms with Crippen molar-refractivity contribution in [2.45, 2.75) is 31.3 Å². The molecule has 2 aliphatic rings. The lowest BCUT2D eigenvalue weighted by Gasteiger charge is -2.31. The van der Waals surface area contributed by atoms with E-state index in [9.17, 15) is 9.59 Å². The number of nitrogens with one attached hydrogen (secondary N) is 1. The fourth-order valence-corrected chi connectivity index (χ4v) is 4.97. The van der Waals surface area contributed by atoms with E-state index in [-0.39, 0.29) is 18.5 Å². The van der Waals surface area contributed by atoms with Crippen LogP contribution in [0.2, 0.25) is 0 Å². The van der Waals surface area contributed by atoms with Gasteiger partial charge in [-0.3, -0.25) is 9.69 Å². The summed E-state index contributed by atoms with van der Waals surface area (Å²) in [7, 11) is 0. The number of hydrogen-bond donors (Lipinski definition) is 1. The van der Waals surface area contributed by atoms with Gasteiger partial charge >= 0.3 is 6.03 Å². The molecule has 1 aromatic carbocycles. The van der Waals surface area contributed by atoms with Crippen LogP contribution in [0.1, 0.15) is 29.0 Å². The molecular weight excluding hydrogens is 362 g/mol. The summed E-state index contributed by atoms with van der Waals surface area (Å²) in [5.41, 5.74) is 1.48. The Morgan fingerprint density at radius 2 is 2.07 bits per heavy atom. The first kappa shape index (κ1) is 16.3. The van der Waals surface area contributed by atoms with Gasteiger partial charge in [-0.15, -0.1) is 11.3 Å². The second-order valence-electron chi connectivity index (χ2n) is 6.89. The van der Waals surface area contributed by atoms with Crippen molar-refractivity contribution in [3.8, 4) is 11.3 Å². The third-order valence-electron chi connectivity index (χ3n) is 5.27. The van der Waals surface area contributed by atoms with Gasteiger partial charge in [0.25, 0.3) is 5.91 Å². The molecule has 1 aliphatic carbocycles. The van der Waals surface area contributed by atoms with E-state index >= 15 is 0 Å².